The predicted octanol–water partition coefficient (Wildman–Crippen LogP) is 3.65. The molecule has 15 heavy (non-hydrogen) atoms. The molecule has 3 heteroatoms. The van der Waals surface area contributed by atoms with Crippen LogP contribution in [0.25, 0.3) is 0 Å². The van der Waals surface area contributed by atoms with E-state index in [2.05, 4.69) is 19.6 Å². The van der Waals surface area contributed by atoms with E-state index in [0.29, 0.717) is 0 Å². The lowest BCUT2D eigenvalue weighted by Gasteiger charge is -2.23. The molecule has 86 valence electrons. The monoisotopic (exact) mass is 226 g/mol. The van der Waals surface area contributed by atoms with Crippen molar-refractivity contribution in [1.82, 2.24) is 0 Å². The highest BCUT2D eigenvalue weighted by Crippen LogP contribution is 2.27. The second-order valence-electron chi connectivity index (χ2n) is 5.23. The molecule has 0 aliphatic heterocycles. The Kier molecular flexibility index (Phi) is 4.14. The summed E-state index contributed by atoms with van der Waals surface area (Å²) in [5.41, 5.74) is 0.954. The minimum Gasteiger partial charge on any atom is -0.547 e. The number of rotatable bonds is 3. The molecule has 0 bridgehead atoms. The van der Waals surface area contributed by atoms with Crippen LogP contribution in [0.1, 0.15) is 39.0 Å². The molecule has 0 atom stereocenters. The maximum atomic E-state index is 11.5. The highest BCUT2D eigenvalue weighted by Gasteiger charge is 2.22. The molecule has 0 saturated heterocycles. The van der Waals surface area contributed by atoms with Crippen LogP contribution in [0.15, 0.2) is 11.3 Å². The number of allylic oxidation sites excluding steroid dienone is 2. The fraction of sp³-hybridized carbons (Fsp3) is 0.750. The van der Waals surface area contributed by atoms with Crippen LogP contribution in [0.4, 0.5) is 0 Å². The summed E-state index contributed by atoms with van der Waals surface area (Å²) in [4.78, 5) is 11.5. The number of Topliss-reactive ketones (excluding diaryl/α,β-unsaturated/α-hetero) is 1. The number of hydrogen-bond donors (Lipinski definition) is 0. The fourth-order valence-corrected chi connectivity index (χ4v) is 2.87. The first kappa shape index (κ1) is 12.5. The largest absolute Gasteiger partial charge is 0.547 e. The van der Waals surface area contributed by atoms with Gasteiger partial charge >= 0.3 is 0 Å². The van der Waals surface area contributed by atoms with Gasteiger partial charge in [0.05, 0.1) is 5.76 Å². The van der Waals surface area contributed by atoms with Crippen molar-refractivity contribution in [3.8, 4) is 0 Å². The van der Waals surface area contributed by atoms with E-state index in [1.54, 1.807) is 6.92 Å². The number of hydrogen-bond acceptors (Lipinski definition) is 2. The SMILES string of the molecule is CC(=O)C1=C(O[Si](C)(C)C)CCCCC1. The van der Waals surface area contributed by atoms with E-state index in [9.17, 15) is 4.79 Å². The molecule has 2 nitrogen and oxygen atoms in total. The third-order valence-corrected chi connectivity index (χ3v) is 3.38. The Hall–Kier alpha value is -0.573. The molecule has 0 aromatic carbocycles. The molecule has 0 spiro atoms. The van der Waals surface area contributed by atoms with Crippen LogP contribution in [-0.2, 0) is 9.22 Å². The molecule has 0 radical (unpaired) electrons. The minimum atomic E-state index is -1.56. The van der Waals surface area contributed by atoms with Crippen molar-refractivity contribution in [1.29, 1.82) is 0 Å². The first-order valence-electron chi connectivity index (χ1n) is 5.82. The Labute approximate surface area is 93.8 Å². The quantitative estimate of drug-likeness (QED) is 0.687. The highest BCUT2D eigenvalue weighted by molar-refractivity contribution is 6.70. The van der Waals surface area contributed by atoms with Gasteiger partial charge in [-0.2, -0.15) is 0 Å². The van der Waals surface area contributed by atoms with Crippen LogP contribution in [0.2, 0.25) is 19.6 Å². The topological polar surface area (TPSA) is 26.3 Å². The zero-order valence-corrected chi connectivity index (χ0v) is 11.4. The Morgan fingerprint density at radius 3 is 2.27 bits per heavy atom. The number of carbonyl (C=O) groups excluding carboxylic acids is 1. The first-order valence-corrected chi connectivity index (χ1v) is 9.23. The second-order valence-corrected chi connectivity index (χ2v) is 9.66. The minimum absolute atomic E-state index is 0.199. The van der Waals surface area contributed by atoms with Crippen LogP contribution in [0.5, 0.6) is 0 Å². The lowest BCUT2D eigenvalue weighted by Crippen LogP contribution is -2.26. The van der Waals surface area contributed by atoms with Gasteiger partial charge in [0.2, 0.25) is 8.32 Å². The van der Waals surface area contributed by atoms with Crippen molar-refractivity contribution in [3.63, 3.8) is 0 Å². The van der Waals surface area contributed by atoms with Crippen molar-refractivity contribution in [2.45, 2.75) is 58.7 Å². The van der Waals surface area contributed by atoms with Crippen LogP contribution in [0.3, 0.4) is 0 Å². The molecule has 1 rings (SSSR count). The van der Waals surface area contributed by atoms with E-state index >= 15 is 0 Å². The van der Waals surface area contributed by atoms with E-state index < -0.39 is 8.32 Å². The van der Waals surface area contributed by atoms with Crippen molar-refractivity contribution in [2.24, 2.45) is 0 Å². The van der Waals surface area contributed by atoms with Crippen LogP contribution < -0.4 is 0 Å². The molecule has 0 heterocycles. The summed E-state index contributed by atoms with van der Waals surface area (Å²) in [5.74, 6) is 1.20. The Morgan fingerprint density at radius 2 is 1.73 bits per heavy atom. The standard InChI is InChI=1S/C12H22O2Si/c1-10(13)11-8-6-5-7-9-12(11)14-15(2,3)4/h5-9H2,1-4H3. The van der Waals surface area contributed by atoms with Gasteiger partial charge in [-0.1, -0.05) is 6.42 Å². The molecule has 0 unspecified atom stereocenters. The zero-order chi connectivity index (χ0) is 11.5. The summed E-state index contributed by atoms with van der Waals surface area (Å²) in [6, 6.07) is 0. The molecule has 0 saturated carbocycles. The van der Waals surface area contributed by atoms with Gasteiger partial charge in [-0.15, -0.1) is 0 Å². The predicted molar refractivity (Wildman–Crippen MR) is 65.2 cm³/mol. The maximum absolute atomic E-state index is 11.5. The number of ketones is 1. The van der Waals surface area contributed by atoms with Crippen LogP contribution in [0, 0.1) is 0 Å². The van der Waals surface area contributed by atoms with Gasteiger partial charge in [0.1, 0.15) is 0 Å². The first-order chi connectivity index (χ1) is 6.90. The van der Waals surface area contributed by atoms with Crippen molar-refractivity contribution < 1.29 is 9.22 Å². The summed E-state index contributed by atoms with van der Waals surface area (Å²) < 4.78 is 6.03. The summed E-state index contributed by atoms with van der Waals surface area (Å²) in [6.45, 7) is 8.17. The molecule has 0 fully saturated rings. The molecular formula is C12H22O2Si. The van der Waals surface area contributed by atoms with Gasteiger partial charge in [0.25, 0.3) is 0 Å². The molecule has 0 aromatic heterocycles. The van der Waals surface area contributed by atoms with Crippen LogP contribution >= 0.6 is 0 Å². The smallest absolute Gasteiger partial charge is 0.241 e. The van der Waals surface area contributed by atoms with Crippen LogP contribution in [-0.4, -0.2) is 14.1 Å². The second kappa shape index (κ2) is 4.97. The Morgan fingerprint density at radius 1 is 1.13 bits per heavy atom. The summed E-state index contributed by atoms with van der Waals surface area (Å²) in [5, 5.41) is 0. The van der Waals surface area contributed by atoms with E-state index in [1.165, 1.54) is 6.42 Å². The van der Waals surface area contributed by atoms with E-state index in [4.69, 9.17) is 4.43 Å². The lowest BCUT2D eigenvalue weighted by molar-refractivity contribution is -0.113. The molecule has 0 aromatic rings. The molecule has 1 aliphatic rings. The lowest BCUT2D eigenvalue weighted by atomic mass is 10.1. The Bertz CT molecular complexity index is 274. The normalized spacial score (nSPS) is 18.7. The van der Waals surface area contributed by atoms with Gasteiger partial charge in [-0.05, 0) is 45.8 Å². The average Bonchev–Trinajstić information content (AvgIpc) is 2.26. The van der Waals surface area contributed by atoms with Gasteiger partial charge in [-0.25, -0.2) is 0 Å². The van der Waals surface area contributed by atoms with Gasteiger partial charge in [0.15, 0.2) is 5.78 Å². The summed E-state index contributed by atoms with van der Waals surface area (Å²) in [6.07, 6.45) is 5.38. The third-order valence-electron chi connectivity index (χ3n) is 2.52. The van der Waals surface area contributed by atoms with Crippen molar-refractivity contribution in [3.05, 3.63) is 11.3 Å². The molecule has 0 N–H and O–H groups in total. The maximum Gasteiger partial charge on any atom is 0.241 e. The Balaban J connectivity index is 2.88. The summed E-state index contributed by atoms with van der Waals surface area (Å²) >= 11 is 0. The van der Waals surface area contributed by atoms with Gasteiger partial charge in [-0.3, -0.25) is 4.79 Å². The molecular weight excluding hydrogens is 204 g/mol. The fourth-order valence-electron chi connectivity index (χ4n) is 1.91. The van der Waals surface area contributed by atoms with Gasteiger partial charge < -0.3 is 4.43 Å². The van der Waals surface area contributed by atoms with Crippen molar-refractivity contribution >= 4 is 14.1 Å². The zero-order valence-electron chi connectivity index (χ0n) is 10.4. The van der Waals surface area contributed by atoms with E-state index in [1.807, 2.05) is 0 Å². The average molecular weight is 226 g/mol. The highest BCUT2D eigenvalue weighted by atomic mass is 28.4. The third kappa shape index (κ3) is 4.20. The van der Waals surface area contributed by atoms with Gasteiger partial charge in [0, 0.05) is 12.0 Å². The van der Waals surface area contributed by atoms with E-state index in [0.717, 1.165) is 37.0 Å². The number of carbonyl (C=O) groups is 1. The van der Waals surface area contributed by atoms with E-state index in [-0.39, 0.29) is 5.78 Å². The summed E-state index contributed by atoms with van der Waals surface area (Å²) in [7, 11) is -1.56. The van der Waals surface area contributed by atoms with Crippen molar-refractivity contribution in [2.75, 3.05) is 0 Å². The molecule has 0 amide bonds. The molecule has 1 aliphatic carbocycles.